The summed E-state index contributed by atoms with van der Waals surface area (Å²) in [5.74, 6) is 1.85. The quantitative estimate of drug-likeness (QED) is 0.311. The van der Waals surface area contributed by atoms with E-state index >= 15 is 0 Å². The van der Waals surface area contributed by atoms with Crippen molar-refractivity contribution >= 4 is 45.4 Å². The van der Waals surface area contributed by atoms with Crippen LogP contribution < -0.4 is 15.5 Å². The van der Waals surface area contributed by atoms with E-state index in [9.17, 15) is 23.1 Å². The Kier molecular flexibility index (Phi) is 10.2. The van der Waals surface area contributed by atoms with Crippen LogP contribution in [0.3, 0.4) is 0 Å². The first-order valence-corrected chi connectivity index (χ1v) is 17.6. The Morgan fingerprint density at radius 2 is 1.97 bits per heavy atom. The normalized spacial score (nSPS) is 29.7. The van der Waals surface area contributed by atoms with Gasteiger partial charge in [0.15, 0.2) is 15.9 Å². The molecule has 39 heavy (non-hydrogen) atoms. The van der Waals surface area contributed by atoms with Crippen molar-refractivity contribution in [1.29, 1.82) is 0 Å². The maximum absolute atomic E-state index is 13.3. The van der Waals surface area contributed by atoms with E-state index in [1.807, 2.05) is 62.9 Å². The zero-order valence-electron chi connectivity index (χ0n) is 22.9. The standard InChI is InChI=1S/C27H41N3O6S3/c1-27(2,3)29-25(32)22-13-24-18(9-11-37-24)14-30(22)15-23(31)21(16-38-20-7-5-4-6-8-20)28-26(33)36-19-10-12-39(34,35)17-19/h4-8,18-19,21-24,31H,9-17H2,1-3H3,(H,28,33)(H,29,32)/p+1. The number of ether oxygens (including phenoxy) is 1. The van der Waals surface area contributed by atoms with Gasteiger partial charge in [0.25, 0.3) is 5.91 Å². The minimum Gasteiger partial charge on any atom is -0.445 e. The fraction of sp³-hybridized carbons (Fsp3) is 0.704. The van der Waals surface area contributed by atoms with Gasteiger partial charge < -0.3 is 25.4 Å². The summed E-state index contributed by atoms with van der Waals surface area (Å²) >= 11 is 3.46. The molecule has 3 saturated heterocycles. The van der Waals surface area contributed by atoms with Crippen molar-refractivity contribution in [2.75, 3.05) is 36.1 Å². The third kappa shape index (κ3) is 9.01. The number of rotatable bonds is 9. The first kappa shape index (κ1) is 30.5. The van der Waals surface area contributed by atoms with Crippen LogP contribution in [0.2, 0.25) is 0 Å². The number of piperidine rings is 1. The molecule has 1 aromatic rings. The molecular formula is C27H42N3O6S3+. The zero-order valence-corrected chi connectivity index (χ0v) is 25.4. The van der Waals surface area contributed by atoms with Crippen molar-refractivity contribution in [2.24, 2.45) is 5.92 Å². The average Bonchev–Trinajstić information content (AvgIpc) is 3.45. The molecule has 0 aliphatic carbocycles. The van der Waals surface area contributed by atoms with Gasteiger partial charge in [-0.15, -0.1) is 11.8 Å². The summed E-state index contributed by atoms with van der Waals surface area (Å²) in [5.41, 5.74) is -0.353. The number of amides is 2. The number of quaternary nitrogens is 1. The second-order valence-corrected chi connectivity index (χ2v) is 16.6. The molecule has 3 fully saturated rings. The van der Waals surface area contributed by atoms with Crippen LogP contribution in [0, 0.1) is 5.92 Å². The Morgan fingerprint density at radius 3 is 2.64 bits per heavy atom. The van der Waals surface area contributed by atoms with Crippen LogP contribution in [0.25, 0.3) is 0 Å². The molecule has 2 amide bonds. The van der Waals surface area contributed by atoms with Crippen LogP contribution in [0.1, 0.15) is 40.0 Å². The summed E-state index contributed by atoms with van der Waals surface area (Å²) in [7, 11) is -3.19. The number of likely N-dealkylation sites (tertiary alicyclic amines) is 1. The minimum absolute atomic E-state index is 0.000622. The largest absolute Gasteiger partial charge is 0.445 e. The highest BCUT2D eigenvalue weighted by Crippen LogP contribution is 2.36. The Balaban J connectivity index is 1.45. The summed E-state index contributed by atoms with van der Waals surface area (Å²) in [5, 5.41) is 17.9. The predicted octanol–water partition coefficient (Wildman–Crippen LogP) is 1.12. The number of carbonyl (C=O) groups excluding carboxylic acids is 2. The van der Waals surface area contributed by atoms with Gasteiger partial charge in [-0.1, -0.05) is 18.2 Å². The van der Waals surface area contributed by atoms with E-state index in [4.69, 9.17) is 4.74 Å². The zero-order chi connectivity index (χ0) is 28.2. The van der Waals surface area contributed by atoms with Gasteiger partial charge in [-0.25, -0.2) is 13.2 Å². The van der Waals surface area contributed by atoms with E-state index < -0.39 is 34.2 Å². The van der Waals surface area contributed by atoms with Gasteiger partial charge in [0, 0.05) is 33.8 Å². The molecule has 3 aliphatic heterocycles. The second kappa shape index (κ2) is 13.0. The third-order valence-electron chi connectivity index (χ3n) is 7.52. The third-order valence-corrected chi connectivity index (χ3v) is 11.9. The topological polar surface area (TPSA) is 126 Å². The van der Waals surface area contributed by atoms with E-state index in [2.05, 4.69) is 10.6 Å². The van der Waals surface area contributed by atoms with E-state index in [1.165, 1.54) is 11.8 Å². The molecule has 4 N–H and O–H groups in total. The van der Waals surface area contributed by atoms with Gasteiger partial charge in [-0.05, 0) is 51.5 Å². The smallest absolute Gasteiger partial charge is 0.407 e. The molecule has 7 unspecified atom stereocenters. The Hall–Kier alpha value is -1.47. The number of thioether (sulfide) groups is 2. The summed E-state index contributed by atoms with van der Waals surface area (Å²) in [4.78, 5) is 28.2. The van der Waals surface area contributed by atoms with Crippen molar-refractivity contribution in [3.8, 4) is 0 Å². The van der Waals surface area contributed by atoms with E-state index in [0.29, 0.717) is 23.5 Å². The fourth-order valence-electron chi connectivity index (χ4n) is 5.59. The highest BCUT2D eigenvalue weighted by atomic mass is 32.2. The molecule has 0 aromatic heterocycles. The summed E-state index contributed by atoms with van der Waals surface area (Å²) < 4.78 is 29.0. The second-order valence-electron chi connectivity index (χ2n) is 11.9. The molecule has 1 aromatic carbocycles. The van der Waals surface area contributed by atoms with Gasteiger partial charge in [0.2, 0.25) is 0 Å². The molecule has 218 valence electrons. The number of carbonyl (C=O) groups is 2. The lowest BCUT2D eigenvalue weighted by Gasteiger charge is -2.40. The van der Waals surface area contributed by atoms with Crippen molar-refractivity contribution in [3.05, 3.63) is 30.3 Å². The molecular weight excluding hydrogens is 559 g/mol. The number of fused-ring (bicyclic) bond motifs is 1. The first-order chi connectivity index (χ1) is 18.4. The number of alkyl carbamates (subject to hydrolysis) is 1. The van der Waals surface area contributed by atoms with Crippen molar-refractivity contribution < 1.29 is 32.8 Å². The fourth-order valence-corrected chi connectivity index (χ4v) is 9.78. The van der Waals surface area contributed by atoms with Crippen LogP contribution in [-0.2, 0) is 19.4 Å². The van der Waals surface area contributed by atoms with Crippen molar-refractivity contribution in [3.63, 3.8) is 0 Å². The van der Waals surface area contributed by atoms with Crippen LogP contribution in [-0.4, -0.2) is 96.7 Å². The van der Waals surface area contributed by atoms with E-state index in [-0.39, 0.29) is 35.4 Å². The van der Waals surface area contributed by atoms with Crippen LogP contribution in [0.4, 0.5) is 4.79 Å². The lowest BCUT2D eigenvalue weighted by Crippen LogP contribution is -3.20. The lowest BCUT2D eigenvalue weighted by molar-refractivity contribution is -0.927. The monoisotopic (exact) mass is 600 g/mol. The lowest BCUT2D eigenvalue weighted by atomic mass is 9.89. The van der Waals surface area contributed by atoms with Gasteiger partial charge in [0.1, 0.15) is 18.8 Å². The molecule has 4 rings (SSSR count). The molecule has 0 bridgehead atoms. The number of aliphatic hydroxyl groups excluding tert-OH is 1. The Bertz CT molecular complexity index is 1100. The molecule has 3 heterocycles. The number of nitrogens with one attached hydrogen (secondary N) is 3. The minimum atomic E-state index is -3.19. The van der Waals surface area contributed by atoms with Gasteiger partial charge in [-0.3, -0.25) is 4.79 Å². The van der Waals surface area contributed by atoms with Crippen LogP contribution in [0.5, 0.6) is 0 Å². The Morgan fingerprint density at radius 1 is 1.23 bits per heavy atom. The summed E-state index contributed by atoms with van der Waals surface area (Å²) in [6, 6.07) is 8.81. The highest BCUT2D eigenvalue weighted by molar-refractivity contribution is 8.00. The molecule has 0 saturated carbocycles. The number of hydrogen-bond acceptors (Lipinski definition) is 8. The van der Waals surface area contributed by atoms with Crippen molar-refractivity contribution in [2.45, 2.75) is 80.0 Å². The predicted molar refractivity (Wildman–Crippen MR) is 155 cm³/mol. The summed E-state index contributed by atoms with van der Waals surface area (Å²) in [6.07, 6.45) is -0.155. The maximum atomic E-state index is 13.3. The molecule has 7 atom stereocenters. The van der Waals surface area contributed by atoms with Gasteiger partial charge in [-0.2, -0.15) is 11.8 Å². The first-order valence-electron chi connectivity index (χ1n) is 13.7. The number of benzene rings is 1. The van der Waals surface area contributed by atoms with Crippen molar-refractivity contribution in [1.82, 2.24) is 10.6 Å². The SMILES string of the molecule is CC(C)(C)NC(=O)C1CC2SCCC2C[NH+]1CC(O)C(CSc1ccccc1)NC(=O)OC1CCS(=O)(=O)C1. The molecule has 0 radical (unpaired) electrons. The summed E-state index contributed by atoms with van der Waals surface area (Å²) in [6.45, 7) is 7.03. The average molecular weight is 601 g/mol. The number of sulfone groups is 1. The Labute approximate surface area is 240 Å². The van der Waals surface area contributed by atoms with Gasteiger partial charge in [0.05, 0.1) is 24.1 Å². The van der Waals surface area contributed by atoms with E-state index in [0.717, 1.165) is 34.9 Å². The molecule has 3 aliphatic rings. The van der Waals surface area contributed by atoms with Crippen LogP contribution >= 0.6 is 23.5 Å². The molecule has 12 heteroatoms. The van der Waals surface area contributed by atoms with Crippen LogP contribution in [0.15, 0.2) is 35.2 Å². The molecule has 0 spiro atoms. The maximum Gasteiger partial charge on any atom is 0.407 e. The van der Waals surface area contributed by atoms with Gasteiger partial charge >= 0.3 is 6.09 Å². The molecule has 9 nitrogen and oxygen atoms in total. The number of aliphatic hydroxyl groups is 1. The van der Waals surface area contributed by atoms with E-state index in [1.54, 1.807) is 0 Å². The highest BCUT2D eigenvalue weighted by Gasteiger charge is 2.46. The number of hydrogen-bond donors (Lipinski definition) is 4.